The summed E-state index contributed by atoms with van der Waals surface area (Å²) in [6.07, 6.45) is -4.46. The summed E-state index contributed by atoms with van der Waals surface area (Å²) in [5, 5.41) is 2.83. The highest BCUT2D eigenvalue weighted by atomic mass is 19.4. The lowest BCUT2D eigenvalue weighted by atomic mass is 10.1. The number of rotatable bonds is 4. The summed E-state index contributed by atoms with van der Waals surface area (Å²) in [6.45, 7) is 3.52. The summed E-state index contributed by atoms with van der Waals surface area (Å²) in [5.41, 5.74) is -0.776. The van der Waals surface area contributed by atoms with Gasteiger partial charge >= 0.3 is 6.18 Å². The van der Waals surface area contributed by atoms with Gasteiger partial charge in [0, 0.05) is 5.69 Å². The zero-order valence-corrected chi connectivity index (χ0v) is 11.9. The van der Waals surface area contributed by atoms with Crippen LogP contribution in [0.2, 0.25) is 0 Å². The largest absolute Gasteiger partial charge is 0.497 e. The first kappa shape index (κ1) is 15.3. The van der Waals surface area contributed by atoms with Crippen molar-refractivity contribution in [2.75, 3.05) is 12.4 Å². The number of halogens is 3. The maximum atomic E-state index is 13.1. The number of anilines is 1. The smallest absolute Gasteiger partial charge is 0.418 e. The Morgan fingerprint density at radius 1 is 1.19 bits per heavy atom. The molecular weight excluding hydrogens is 283 g/mol. The number of aryl methyl sites for hydroxylation is 1. The van der Waals surface area contributed by atoms with E-state index in [1.807, 2.05) is 0 Å². The highest BCUT2D eigenvalue weighted by molar-refractivity contribution is 5.56. The van der Waals surface area contributed by atoms with E-state index in [4.69, 9.17) is 9.15 Å². The fourth-order valence-corrected chi connectivity index (χ4v) is 2.00. The first-order chi connectivity index (χ1) is 9.81. The van der Waals surface area contributed by atoms with Crippen LogP contribution in [-0.4, -0.2) is 7.11 Å². The molecular formula is C15H16F3NO2. The van der Waals surface area contributed by atoms with Gasteiger partial charge in [0.15, 0.2) is 0 Å². The van der Waals surface area contributed by atoms with E-state index in [2.05, 4.69) is 5.32 Å². The van der Waals surface area contributed by atoms with Crippen LogP contribution < -0.4 is 10.1 Å². The van der Waals surface area contributed by atoms with Gasteiger partial charge in [0.25, 0.3) is 0 Å². The number of nitrogens with one attached hydrogen (secondary N) is 1. The lowest BCUT2D eigenvalue weighted by Crippen LogP contribution is -2.13. The molecule has 0 amide bonds. The van der Waals surface area contributed by atoms with E-state index in [0.717, 1.165) is 6.07 Å². The van der Waals surface area contributed by atoms with Crippen LogP contribution in [0.3, 0.4) is 0 Å². The predicted molar refractivity (Wildman–Crippen MR) is 73.5 cm³/mol. The van der Waals surface area contributed by atoms with Gasteiger partial charge in [-0.05, 0) is 44.2 Å². The second-order valence-electron chi connectivity index (χ2n) is 4.72. The molecule has 1 N–H and O–H groups in total. The monoisotopic (exact) mass is 299 g/mol. The zero-order valence-electron chi connectivity index (χ0n) is 11.9. The summed E-state index contributed by atoms with van der Waals surface area (Å²) in [5.74, 6) is 1.45. The minimum Gasteiger partial charge on any atom is -0.497 e. The molecule has 21 heavy (non-hydrogen) atoms. The van der Waals surface area contributed by atoms with Gasteiger partial charge in [-0.2, -0.15) is 13.2 Å². The third-order valence-corrected chi connectivity index (χ3v) is 3.09. The van der Waals surface area contributed by atoms with Crippen LogP contribution in [0.1, 0.15) is 30.0 Å². The molecule has 0 saturated heterocycles. The maximum Gasteiger partial charge on any atom is 0.418 e. The minimum absolute atomic E-state index is 0.00940. The van der Waals surface area contributed by atoms with Crippen LogP contribution in [0, 0.1) is 6.92 Å². The van der Waals surface area contributed by atoms with Crippen LogP contribution in [0.15, 0.2) is 34.7 Å². The lowest BCUT2D eigenvalue weighted by Gasteiger charge is -2.19. The maximum absolute atomic E-state index is 13.1. The molecule has 0 fully saturated rings. The van der Waals surface area contributed by atoms with Crippen molar-refractivity contribution < 1.29 is 22.3 Å². The van der Waals surface area contributed by atoms with Crippen molar-refractivity contribution in [3.05, 3.63) is 47.4 Å². The van der Waals surface area contributed by atoms with Crippen molar-refractivity contribution in [2.24, 2.45) is 0 Å². The van der Waals surface area contributed by atoms with Crippen LogP contribution >= 0.6 is 0 Å². The molecule has 114 valence electrons. The second-order valence-corrected chi connectivity index (χ2v) is 4.72. The van der Waals surface area contributed by atoms with E-state index >= 15 is 0 Å². The van der Waals surface area contributed by atoms with Crippen molar-refractivity contribution in [3.63, 3.8) is 0 Å². The van der Waals surface area contributed by atoms with Gasteiger partial charge in [0.1, 0.15) is 17.3 Å². The average molecular weight is 299 g/mol. The Labute approximate surface area is 120 Å². The van der Waals surface area contributed by atoms with Crippen molar-refractivity contribution in [3.8, 4) is 5.75 Å². The molecule has 1 aromatic heterocycles. The van der Waals surface area contributed by atoms with Gasteiger partial charge in [-0.15, -0.1) is 0 Å². The van der Waals surface area contributed by atoms with E-state index in [-0.39, 0.29) is 17.5 Å². The van der Waals surface area contributed by atoms with Crippen LogP contribution in [0.4, 0.5) is 18.9 Å². The van der Waals surface area contributed by atoms with Crippen molar-refractivity contribution in [1.29, 1.82) is 0 Å². The van der Waals surface area contributed by atoms with E-state index in [0.29, 0.717) is 11.5 Å². The number of hydrogen-bond acceptors (Lipinski definition) is 3. The quantitative estimate of drug-likeness (QED) is 0.881. The second kappa shape index (κ2) is 5.71. The van der Waals surface area contributed by atoms with Crippen LogP contribution in [0.25, 0.3) is 0 Å². The average Bonchev–Trinajstić information content (AvgIpc) is 2.84. The normalized spacial score (nSPS) is 13.0. The molecule has 0 aliphatic carbocycles. The van der Waals surface area contributed by atoms with Gasteiger partial charge in [-0.3, -0.25) is 0 Å². The molecule has 0 spiro atoms. The molecule has 1 aromatic carbocycles. The Kier molecular flexibility index (Phi) is 4.16. The van der Waals surface area contributed by atoms with Crippen molar-refractivity contribution in [1.82, 2.24) is 0 Å². The van der Waals surface area contributed by atoms with Crippen molar-refractivity contribution >= 4 is 5.69 Å². The van der Waals surface area contributed by atoms with Gasteiger partial charge < -0.3 is 14.5 Å². The number of benzene rings is 1. The molecule has 0 aliphatic rings. The molecule has 3 nitrogen and oxygen atoms in total. The minimum atomic E-state index is -4.46. The number of methoxy groups -OCH3 is 1. The first-order valence-corrected chi connectivity index (χ1v) is 6.39. The zero-order chi connectivity index (χ0) is 15.6. The topological polar surface area (TPSA) is 34.4 Å². The van der Waals surface area contributed by atoms with Crippen LogP contribution in [-0.2, 0) is 6.18 Å². The fourth-order valence-electron chi connectivity index (χ4n) is 2.00. The lowest BCUT2D eigenvalue weighted by molar-refractivity contribution is -0.137. The predicted octanol–water partition coefficient (Wildman–Crippen LogP) is 4.79. The number of alkyl halides is 3. The van der Waals surface area contributed by atoms with E-state index in [1.54, 1.807) is 26.0 Å². The number of furan rings is 1. The Balaban J connectivity index is 2.31. The van der Waals surface area contributed by atoms with Crippen molar-refractivity contribution in [2.45, 2.75) is 26.1 Å². The Morgan fingerprint density at radius 2 is 1.90 bits per heavy atom. The molecule has 1 atom stereocenters. The molecule has 0 bridgehead atoms. The van der Waals surface area contributed by atoms with E-state index < -0.39 is 11.7 Å². The standard InChI is InChI=1S/C15H16F3NO2/c1-9-4-7-14(21-9)10(2)19-13-6-5-11(20-3)8-12(13)15(16,17)18/h4-8,10,19H,1-3H3. The van der Waals surface area contributed by atoms with Gasteiger partial charge in [0.05, 0.1) is 18.7 Å². The molecule has 0 radical (unpaired) electrons. The summed E-state index contributed by atoms with van der Waals surface area (Å²) >= 11 is 0. The molecule has 2 aromatic rings. The fraction of sp³-hybridized carbons (Fsp3) is 0.333. The SMILES string of the molecule is COc1ccc(NC(C)c2ccc(C)o2)c(C(F)(F)F)c1. The highest BCUT2D eigenvalue weighted by Crippen LogP contribution is 2.38. The van der Waals surface area contributed by atoms with Crippen LogP contribution in [0.5, 0.6) is 5.75 Å². The molecule has 1 heterocycles. The third kappa shape index (κ3) is 3.51. The Hall–Kier alpha value is -2.11. The first-order valence-electron chi connectivity index (χ1n) is 6.39. The molecule has 0 aliphatic heterocycles. The number of ether oxygens (including phenoxy) is 1. The van der Waals surface area contributed by atoms with Gasteiger partial charge in [-0.25, -0.2) is 0 Å². The number of hydrogen-bond donors (Lipinski definition) is 1. The molecule has 6 heteroatoms. The molecule has 0 saturated carbocycles. The summed E-state index contributed by atoms with van der Waals surface area (Å²) < 4.78 is 49.6. The molecule has 2 rings (SSSR count). The van der Waals surface area contributed by atoms with Gasteiger partial charge in [-0.1, -0.05) is 0 Å². The summed E-state index contributed by atoms with van der Waals surface area (Å²) in [7, 11) is 1.33. The third-order valence-electron chi connectivity index (χ3n) is 3.09. The van der Waals surface area contributed by atoms with Gasteiger partial charge in [0.2, 0.25) is 0 Å². The summed E-state index contributed by atoms with van der Waals surface area (Å²) in [4.78, 5) is 0. The summed E-state index contributed by atoms with van der Waals surface area (Å²) in [6, 6.07) is 6.94. The van der Waals surface area contributed by atoms with E-state index in [9.17, 15) is 13.2 Å². The molecule has 1 unspecified atom stereocenters. The Morgan fingerprint density at radius 3 is 2.43 bits per heavy atom. The Bertz CT molecular complexity index is 620. The van der Waals surface area contributed by atoms with E-state index in [1.165, 1.54) is 19.2 Å². The highest BCUT2D eigenvalue weighted by Gasteiger charge is 2.34.